The van der Waals surface area contributed by atoms with Crippen LogP contribution in [0.2, 0.25) is 0 Å². The molecule has 3 aliphatic heterocycles. The van der Waals surface area contributed by atoms with Crippen LogP contribution >= 0.6 is 0 Å². The second-order valence-electron chi connectivity index (χ2n) is 7.80. The predicted octanol–water partition coefficient (Wildman–Crippen LogP) is 0.822. The number of fused-ring (bicyclic) bond motifs is 2. The molecule has 3 aliphatic rings. The molecule has 4 atom stereocenters. The molecule has 2 bridgehead atoms. The van der Waals surface area contributed by atoms with Gasteiger partial charge in [-0.25, -0.2) is 0 Å². The lowest BCUT2D eigenvalue weighted by molar-refractivity contribution is 0.0108. The molecule has 0 aromatic rings. The molecule has 4 nitrogen and oxygen atoms in total. The Morgan fingerprint density at radius 1 is 1.15 bits per heavy atom. The number of nitrogens with two attached hydrogens (primary N) is 1. The summed E-state index contributed by atoms with van der Waals surface area (Å²) in [5.74, 6) is 0.755. The van der Waals surface area contributed by atoms with Crippen molar-refractivity contribution < 1.29 is 0 Å². The smallest absolute Gasteiger partial charge is 0.0362 e. The van der Waals surface area contributed by atoms with Gasteiger partial charge >= 0.3 is 0 Å². The van der Waals surface area contributed by atoms with E-state index < -0.39 is 0 Å². The zero-order chi connectivity index (χ0) is 14.5. The first-order valence-corrected chi connectivity index (χ1v) is 8.30. The maximum Gasteiger partial charge on any atom is 0.0362 e. The summed E-state index contributed by atoms with van der Waals surface area (Å²) in [6.45, 7) is 5.66. The molecular formula is C16H32N4. The zero-order valence-corrected chi connectivity index (χ0v) is 13.7. The summed E-state index contributed by atoms with van der Waals surface area (Å²) in [7, 11) is 6.76. The number of likely N-dealkylation sites (N-methyl/N-ethyl adjacent to an activating group) is 1. The van der Waals surface area contributed by atoms with Crippen LogP contribution in [0.1, 0.15) is 32.6 Å². The van der Waals surface area contributed by atoms with Gasteiger partial charge in [0.25, 0.3) is 0 Å². The molecule has 116 valence electrons. The maximum atomic E-state index is 6.31. The van der Waals surface area contributed by atoms with Crippen LogP contribution in [0.15, 0.2) is 0 Å². The van der Waals surface area contributed by atoms with E-state index in [9.17, 15) is 0 Å². The number of hydrogen-bond acceptors (Lipinski definition) is 4. The van der Waals surface area contributed by atoms with E-state index in [-0.39, 0.29) is 5.54 Å². The van der Waals surface area contributed by atoms with Crippen LogP contribution in [0.25, 0.3) is 0 Å². The Hall–Kier alpha value is -0.160. The van der Waals surface area contributed by atoms with Crippen molar-refractivity contribution in [2.24, 2.45) is 11.7 Å². The van der Waals surface area contributed by atoms with Crippen molar-refractivity contribution >= 4 is 0 Å². The van der Waals surface area contributed by atoms with Crippen molar-refractivity contribution in [2.75, 3.05) is 40.8 Å². The largest absolute Gasteiger partial charge is 0.329 e. The molecule has 0 amide bonds. The van der Waals surface area contributed by atoms with E-state index in [0.717, 1.165) is 24.5 Å². The first-order valence-electron chi connectivity index (χ1n) is 8.30. The van der Waals surface area contributed by atoms with Crippen LogP contribution in [-0.4, -0.2) is 79.1 Å². The Bertz CT molecular complexity index is 342. The number of nitrogens with zero attached hydrogens (tertiary/aromatic N) is 3. The number of rotatable bonds is 3. The Morgan fingerprint density at radius 2 is 1.75 bits per heavy atom. The number of likely N-dealkylation sites (tertiary alicyclic amines) is 1. The first-order chi connectivity index (χ1) is 9.47. The summed E-state index contributed by atoms with van der Waals surface area (Å²) in [6.07, 6.45) is 5.32. The molecular weight excluding hydrogens is 248 g/mol. The normalized spacial score (nSPS) is 46.5. The molecule has 0 saturated carbocycles. The van der Waals surface area contributed by atoms with Crippen LogP contribution in [0.4, 0.5) is 0 Å². The number of hydrogen-bond donors (Lipinski definition) is 1. The molecule has 3 fully saturated rings. The lowest BCUT2D eigenvalue weighted by Gasteiger charge is -2.50. The van der Waals surface area contributed by atoms with Gasteiger partial charge in [-0.3, -0.25) is 4.90 Å². The topological polar surface area (TPSA) is 35.7 Å². The van der Waals surface area contributed by atoms with Gasteiger partial charge in [0.1, 0.15) is 0 Å². The SMILES string of the molecule is CC1CN(C2(CN)CC3CCC(C2)N3C)CC1N(C)C. The predicted molar refractivity (Wildman–Crippen MR) is 83.8 cm³/mol. The molecule has 20 heavy (non-hydrogen) atoms. The van der Waals surface area contributed by atoms with E-state index in [2.05, 4.69) is 42.8 Å². The molecule has 4 heteroatoms. The fraction of sp³-hybridized carbons (Fsp3) is 1.00. The van der Waals surface area contributed by atoms with Crippen LogP contribution in [0, 0.1) is 5.92 Å². The summed E-state index contributed by atoms with van der Waals surface area (Å²) in [6, 6.07) is 2.23. The Balaban J connectivity index is 1.78. The molecule has 3 saturated heterocycles. The fourth-order valence-electron chi connectivity index (χ4n) is 5.11. The van der Waals surface area contributed by atoms with Crippen LogP contribution in [0.3, 0.4) is 0 Å². The third-order valence-electron chi connectivity index (χ3n) is 6.50. The van der Waals surface area contributed by atoms with Gasteiger partial charge in [-0.15, -0.1) is 0 Å². The minimum absolute atomic E-state index is 0.275. The van der Waals surface area contributed by atoms with E-state index in [1.54, 1.807) is 0 Å². The van der Waals surface area contributed by atoms with Gasteiger partial charge in [-0.2, -0.15) is 0 Å². The maximum absolute atomic E-state index is 6.31. The van der Waals surface area contributed by atoms with Crippen molar-refractivity contribution in [1.29, 1.82) is 0 Å². The first kappa shape index (κ1) is 14.8. The monoisotopic (exact) mass is 280 g/mol. The van der Waals surface area contributed by atoms with Gasteiger partial charge in [-0.05, 0) is 52.7 Å². The molecule has 3 heterocycles. The van der Waals surface area contributed by atoms with Crippen molar-refractivity contribution in [3.63, 3.8) is 0 Å². The second kappa shape index (κ2) is 5.24. The van der Waals surface area contributed by atoms with Crippen LogP contribution < -0.4 is 5.73 Å². The average Bonchev–Trinajstić information content (AvgIpc) is 2.88. The third-order valence-corrected chi connectivity index (χ3v) is 6.50. The summed E-state index contributed by atoms with van der Waals surface area (Å²) < 4.78 is 0. The summed E-state index contributed by atoms with van der Waals surface area (Å²) >= 11 is 0. The molecule has 3 rings (SSSR count). The van der Waals surface area contributed by atoms with Crippen LogP contribution in [-0.2, 0) is 0 Å². The van der Waals surface area contributed by atoms with Gasteiger partial charge in [0.15, 0.2) is 0 Å². The van der Waals surface area contributed by atoms with Crippen molar-refractivity contribution in [1.82, 2.24) is 14.7 Å². The van der Waals surface area contributed by atoms with Crippen molar-refractivity contribution in [3.8, 4) is 0 Å². The molecule has 0 spiro atoms. The van der Waals surface area contributed by atoms with Crippen molar-refractivity contribution in [2.45, 2.75) is 56.3 Å². The van der Waals surface area contributed by atoms with Gasteiger partial charge in [0.05, 0.1) is 0 Å². The van der Waals surface area contributed by atoms with E-state index in [0.29, 0.717) is 6.04 Å². The Labute approximate surface area is 124 Å². The third kappa shape index (κ3) is 2.21. The minimum Gasteiger partial charge on any atom is -0.329 e. The second-order valence-corrected chi connectivity index (χ2v) is 7.80. The molecule has 0 aromatic heterocycles. The van der Waals surface area contributed by atoms with Crippen molar-refractivity contribution in [3.05, 3.63) is 0 Å². The van der Waals surface area contributed by atoms with Gasteiger partial charge < -0.3 is 15.5 Å². The van der Waals surface area contributed by atoms with Crippen LogP contribution in [0.5, 0.6) is 0 Å². The molecule has 2 N–H and O–H groups in total. The lowest BCUT2D eigenvalue weighted by atomic mass is 9.81. The Morgan fingerprint density at radius 3 is 2.20 bits per heavy atom. The average molecular weight is 280 g/mol. The zero-order valence-electron chi connectivity index (χ0n) is 13.7. The summed E-state index contributed by atoms with van der Waals surface area (Å²) in [4.78, 5) is 7.77. The lowest BCUT2D eigenvalue weighted by Crippen LogP contribution is -2.61. The Kier molecular flexibility index (Phi) is 3.87. The quantitative estimate of drug-likeness (QED) is 0.830. The molecule has 0 aromatic carbocycles. The number of piperidine rings is 1. The minimum atomic E-state index is 0.275. The highest BCUT2D eigenvalue weighted by molar-refractivity contribution is 5.09. The van der Waals surface area contributed by atoms with E-state index in [1.807, 2.05) is 0 Å². The molecule has 0 radical (unpaired) electrons. The van der Waals surface area contributed by atoms with E-state index in [4.69, 9.17) is 5.73 Å². The molecule has 0 aliphatic carbocycles. The fourth-order valence-corrected chi connectivity index (χ4v) is 5.11. The highest BCUT2D eigenvalue weighted by Gasteiger charge is 2.51. The van der Waals surface area contributed by atoms with Gasteiger partial charge in [-0.1, -0.05) is 6.92 Å². The van der Waals surface area contributed by atoms with Gasteiger partial charge in [0, 0.05) is 43.3 Å². The highest BCUT2D eigenvalue weighted by Crippen LogP contribution is 2.44. The van der Waals surface area contributed by atoms with E-state index >= 15 is 0 Å². The van der Waals surface area contributed by atoms with Gasteiger partial charge in [0.2, 0.25) is 0 Å². The standard InChI is InChI=1S/C16H32N4/c1-12-9-20(10-15(12)18(2)3)16(11-17)7-13-5-6-14(8-16)19(13)4/h12-15H,5-11,17H2,1-4H3. The summed E-state index contributed by atoms with van der Waals surface area (Å²) in [5.41, 5.74) is 6.58. The molecule has 4 unspecified atom stereocenters. The summed E-state index contributed by atoms with van der Waals surface area (Å²) in [5, 5.41) is 0. The van der Waals surface area contributed by atoms with E-state index in [1.165, 1.54) is 38.8 Å². The highest BCUT2D eigenvalue weighted by atomic mass is 15.3.